The number of pyridine rings is 1. The van der Waals surface area contributed by atoms with Gasteiger partial charge in [0.25, 0.3) is 0 Å². The molecule has 19 heavy (non-hydrogen) atoms. The standard InChI is InChI=1S/C13H16BrN3OS/c1-9(2)13(3,8-15)17-11(18)7-19-12-10(14)5-4-6-16-12/h4-6,9H,7H2,1-3H3,(H,17,18)/t13-/m1/s1. The van der Waals surface area contributed by atoms with Gasteiger partial charge in [-0.3, -0.25) is 4.79 Å². The van der Waals surface area contributed by atoms with Crippen LogP contribution >= 0.6 is 27.7 Å². The van der Waals surface area contributed by atoms with E-state index in [2.05, 4.69) is 32.3 Å². The van der Waals surface area contributed by atoms with Crippen molar-refractivity contribution in [2.75, 3.05) is 5.75 Å². The Morgan fingerprint density at radius 2 is 2.37 bits per heavy atom. The summed E-state index contributed by atoms with van der Waals surface area (Å²) in [4.78, 5) is 16.1. The van der Waals surface area contributed by atoms with Gasteiger partial charge in [-0.2, -0.15) is 5.26 Å². The van der Waals surface area contributed by atoms with Gasteiger partial charge in [0.1, 0.15) is 10.6 Å². The van der Waals surface area contributed by atoms with E-state index in [4.69, 9.17) is 5.26 Å². The molecule has 0 spiro atoms. The summed E-state index contributed by atoms with van der Waals surface area (Å²) in [5.41, 5.74) is -0.834. The number of hydrogen-bond acceptors (Lipinski definition) is 4. The van der Waals surface area contributed by atoms with Crippen molar-refractivity contribution in [2.24, 2.45) is 5.92 Å². The number of aromatic nitrogens is 1. The molecule has 0 fully saturated rings. The molecule has 4 nitrogen and oxygen atoms in total. The summed E-state index contributed by atoms with van der Waals surface area (Å²) in [5.74, 6) is 0.118. The van der Waals surface area contributed by atoms with Crippen molar-refractivity contribution in [3.8, 4) is 6.07 Å². The lowest BCUT2D eigenvalue weighted by Crippen LogP contribution is -2.49. The number of rotatable bonds is 5. The number of thioether (sulfide) groups is 1. The number of carbonyl (C=O) groups excluding carboxylic acids is 1. The van der Waals surface area contributed by atoms with Crippen molar-refractivity contribution in [2.45, 2.75) is 31.3 Å². The summed E-state index contributed by atoms with van der Waals surface area (Å²) >= 11 is 4.72. The molecule has 6 heteroatoms. The minimum atomic E-state index is -0.834. The molecule has 102 valence electrons. The fourth-order valence-electron chi connectivity index (χ4n) is 1.24. The van der Waals surface area contributed by atoms with Gasteiger partial charge in [0.05, 0.1) is 11.8 Å². The third-order valence-corrected chi connectivity index (χ3v) is 4.76. The molecule has 1 rings (SSSR count). The Kier molecular flexibility index (Phi) is 5.83. The highest BCUT2D eigenvalue weighted by Crippen LogP contribution is 2.24. The number of nitrogens with zero attached hydrogens (tertiary/aromatic N) is 2. The number of nitrogens with one attached hydrogen (secondary N) is 1. The summed E-state index contributed by atoms with van der Waals surface area (Å²) in [7, 11) is 0. The van der Waals surface area contributed by atoms with Crippen molar-refractivity contribution >= 4 is 33.6 Å². The van der Waals surface area contributed by atoms with Gasteiger partial charge >= 0.3 is 0 Å². The Hall–Kier alpha value is -1.06. The number of amides is 1. The summed E-state index contributed by atoms with van der Waals surface area (Å²) in [6.07, 6.45) is 1.68. The van der Waals surface area contributed by atoms with Gasteiger partial charge in [0.2, 0.25) is 5.91 Å². The van der Waals surface area contributed by atoms with Gasteiger partial charge in [-0.1, -0.05) is 25.6 Å². The SMILES string of the molecule is CC(C)[C@@](C)(C#N)NC(=O)CSc1ncccc1Br. The summed E-state index contributed by atoms with van der Waals surface area (Å²) in [5, 5.41) is 12.7. The normalized spacial score (nSPS) is 13.7. The molecule has 1 N–H and O–H groups in total. The fourth-order valence-corrected chi connectivity index (χ4v) is 2.52. The quantitative estimate of drug-likeness (QED) is 0.836. The molecule has 1 atom stereocenters. The first-order valence-corrected chi connectivity index (χ1v) is 7.62. The van der Waals surface area contributed by atoms with Crippen LogP contribution in [0.3, 0.4) is 0 Å². The summed E-state index contributed by atoms with van der Waals surface area (Å²) < 4.78 is 0.861. The maximum atomic E-state index is 11.9. The minimum absolute atomic E-state index is 0.0491. The van der Waals surface area contributed by atoms with Gasteiger partial charge < -0.3 is 5.32 Å². The van der Waals surface area contributed by atoms with Crippen LogP contribution in [0.2, 0.25) is 0 Å². The van der Waals surface area contributed by atoms with E-state index in [9.17, 15) is 4.79 Å². The largest absolute Gasteiger partial charge is 0.337 e. The lowest BCUT2D eigenvalue weighted by atomic mass is 9.90. The van der Waals surface area contributed by atoms with Crippen molar-refractivity contribution in [3.05, 3.63) is 22.8 Å². The van der Waals surface area contributed by atoms with E-state index in [-0.39, 0.29) is 17.6 Å². The van der Waals surface area contributed by atoms with Gasteiger partial charge in [-0.25, -0.2) is 4.98 Å². The zero-order valence-corrected chi connectivity index (χ0v) is 13.5. The van der Waals surface area contributed by atoms with E-state index in [0.29, 0.717) is 0 Å². The smallest absolute Gasteiger partial charge is 0.231 e. The highest BCUT2D eigenvalue weighted by molar-refractivity contribution is 9.10. The zero-order valence-electron chi connectivity index (χ0n) is 11.1. The van der Waals surface area contributed by atoms with E-state index >= 15 is 0 Å². The van der Waals surface area contributed by atoms with Crippen molar-refractivity contribution in [1.82, 2.24) is 10.3 Å². The van der Waals surface area contributed by atoms with Crippen LogP contribution < -0.4 is 5.32 Å². The molecule has 0 aromatic carbocycles. The Labute approximate surface area is 126 Å². The predicted molar refractivity (Wildman–Crippen MR) is 79.7 cm³/mol. The molecule has 0 unspecified atom stereocenters. The van der Waals surface area contributed by atoms with Crippen LogP contribution in [0.5, 0.6) is 0 Å². The second kappa shape index (κ2) is 6.92. The first-order chi connectivity index (χ1) is 8.89. The van der Waals surface area contributed by atoms with Crippen LogP contribution in [0.1, 0.15) is 20.8 Å². The van der Waals surface area contributed by atoms with Gasteiger partial charge in [-0.15, -0.1) is 0 Å². The molecule has 1 heterocycles. The van der Waals surface area contributed by atoms with E-state index in [0.717, 1.165) is 9.50 Å². The van der Waals surface area contributed by atoms with Gasteiger partial charge in [0.15, 0.2) is 0 Å². The van der Waals surface area contributed by atoms with Crippen molar-refractivity contribution in [3.63, 3.8) is 0 Å². The maximum absolute atomic E-state index is 11.9. The molecule has 0 aliphatic rings. The highest BCUT2D eigenvalue weighted by atomic mass is 79.9. The summed E-state index contributed by atoms with van der Waals surface area (Å²) in [6.45, 7) is 5.55. The minimum Gasteiger partial charge on any atom is -0.337 e. The van der Waals surface area contributed by atoms with Crippen LogP contribution in [-0.2, 0) is 4.79 Å². The van der Waals surface area contributed by atoms with E-state index in [1.807, 2.05) is 26.0 Å². The molecule has 0 radical (unpaired) electrons. The third-order valence-electron chi connectivity index (χ3n) is 2.85. The molecule has 1 amide bonds. The Morgan fingerprint density at radius 3 is 2.89 bits per heavy atom. The average molecular weight is 342 g/mol. The Balaban J connectivity index is 2.58. The first kappa shape index (κ1) is 16.0. The lowest BCUT2D eigenvalue weighted by molar-refractivity contribution is -0.120. The van der Waals surface area contributed by atoms with E-state index in [1.54, 1.807) is 13.1 Å². The number of halogens is 1. The molecule has 1 aromatic heterocycles. The molecule has 0 saturated carbocycles. The highest BCUT2D eigenvalue weighted by Gasteiger charge is 2.29. The second-order valence-electron chi connectivity index (χ2n) is 4.60. The second-order valence-corrected chi connectivity index (χ2v) is 6.41. The molecule has 0 bridgehead atoms. The summed E-state index contributed by atoms with van der Waals surface area (Å²) in [6, 6.07) is 5.85. The van der Waals surface area contributed by atoms with Crippen LogP contribution in [0.4, 0.5) is 0 Å². The Morgan fingerprint density at radius 1 is 1.68 bits per heavy atom. The molecular weight excluding hydrogens is 326 g/mol. The van der Waals surface area contributed by atoms with E-state index < -0.39 is 5.54 Å². The Bertz CT molecular complexity index is 501. The third kappa shape index (κ3) is 4.51. The number of carbonyl (C=O) groups is 1. The topological polar surface area (TPSA) is 65.8 Å². The number of nitriles is 1. The van der Waals surface area contributed by atoms with E-state index in [1.165, 1.54) is 11.8 Å². The van der Waals surface area contributed by atoms with Gasteiger partial charge in [-0.05, 0) is 40.9 Å². The number of hydrogen-bond donors (Lipinski definition) is 1. The fraction of sp³-hybridized carbons (Fsp3) is 0.462. The van der Waals surface area contributed by atoms with Crippen LogP contribution in [-0.4, -0.2) is 22.2 Å². The maximum Gasteiger partial charge on any atom is 0.231 e. The zero-order chi connectivity index (χ0) is 14.5. The molecule has 0 aliphatic heterocycles. The van der Waals surface area contributed by atoms with Crippen molar-refractivity contribution < 1.29 is 4.79 Å². The predicted octanol–water partition coefficient (Wildman–Crippen LogP) is 2.99. The molecular formula is C13H16BrN3OS. The van der Waals surface area contributed by atoms with Crippen LogP contribution in [0.25, 0.3) is 0 Å². The average Bonchev–Trinajstić information content (AvgIpc) is 2.37. The molecule has 0 saturated heterocycles. The molecule has 1 aromatic rings. The van der Waals surface area contributed by atoms with Gasteiger partial charge in [0, 0.05) is 10.7 Å². The lowest BCUT2D eigenvalue weighted by Gasteiger charge is -2.27. The van der Waals surface area contributed by atoms with Crippen molar-refractivity contribution in [1.29, 1.82) is 5.26 Å². The molecule has 0 aliphatic carbocycles. The first-order valence-electron chi connectivity index (χ1n) is 5.84. The monoisotopic (exact) mass is 341 g/mol. The van der Waals surface area contributed by atoms with Crippen LogP contribution in [0, 0.1) is 17.2 Å². The van der Waals surface area contributed by atoms with Crippen LogP contribution in [0.15, 0.2) is 27.8 Å².